The number of amides is 1. The van der Waals surface area contributed by atoms with Crippen molar-refractivity contribution in [2.24, 2.45) is 5.92 Å². The van der Waals surface area contributed by atoms with Crippen molar-refractivity contribution in [2.75, 3.05) is 13.1 Å². The van der Waals surface area contributed by atoms with Gasteiger partial charge in [-0.25, -0.2) is 0 Å². The average molecular weight is 326 g/mol. The van der Waals surface area contributed by atoms with Crippen LogP contribution >= 0.6 is 0 Å². The molecule has 6 heteroatoms. The predicted octanol–water partition coefficient (Wildman–Crippen LogP) is 3.37. The van der Waals surface area contributed by atoms with Crippen LogP contribution in [0, 0.1) is 5.92 Å². The Labute approximate surface area is 133 Å². The second kappa shape index (κ2) is 6.15. The van der Waals surface area contributed by atoms with Crippen LogP contribution in [0.15, 0.2) is 24.3 Å². The lowest BCUT2D eigenvalue weighted by Crippen LogP contribution is -2.40. The molecule has 1 amide bonds. The van der Waals surface area contributed by atoms with Crippen molar-refractivity contribution in [1.29, 1.82) is 0 Å². The number of alkyl halides is 3. The molecule has 0 radical (unpaired) electrons. The van der Waals surface area contributed by atoms with Gasteiger partial charge in [0.25, 0.3) is 0 Å². The van der Waals surface area contributed by atoms with Crippen LogP contribution in [0.2, 0.25) is 0 Å². The lowest BCUT2D eigenvalue weighted by molar-refractivity contribution is -0.137. The highest BCUT2D eigenvalue weighted by atomic mass is 19.4. The molecule has 0 spiro atoms. The summed E-state index contributed by atoms with van der Waals surface area (Å²) in [5, 5.41) is 3.18. The van der Waals surface area contributed by atoms with Gasteiger partial charge in [0, 0.05) is 12.6 Å². The monoisotopic (exact) mass is 326 g/mol. The molecule has 1 aliphatic carbocycles. The number of carbonyl (C=O) groups excluding carboxylic acids is 1. The normalized spacial score (nSPS) is 22.9. The van der Waals surface area contributed by atoms with Gasteiger partial charge in [0.2, 0.25) is 5.91 Å². The first-order valence-corrected chi connectivity index (χ1v) is 8.08. The lowest BCUT2D eigenvalue weighted by atomic mass is 10.0. The van der Waals surface area contributed by atoms with Crippen LogP contribution in [0.4, 0.5) is 13.2 Å². The molecular formula is C17H21F3N2O. The lowest BCUT2D eigenvalue weighted by Gasteiger charge is -2.32. The second-order valence-electron chi connectivity index (χ2n) is 6.47. The predicted molar refractivity (Wildman–Crippen MR) is 80.7 cm³/mol. The number of carbonyl (C=O) groups is 1. The second-order valence-corrected chi connectivity index (χ2v) is 6.47. The number of hydrogen-bond donors (Lipinski definition) is 1. The van der Waals surface area contributed by atoms with Gasteiger partial charge in [0.1, 0.15) is 0 Å². The molecule has 2 fully saturated rings. The summed E-state index contributed by atoms with van der Waals surface area (Å²) in [4.78, 5) is 14.6. The van der Waals surface area contributed by atoms with Crippen molar-refractivity contribution in [2.45, 2.75) is 44.4 Å². The molecule has 2 aliphatic rings. The summed E-state index contributed by atoms with van der Waals surface area (Å²) in [5.41, 5.74) is -0.112. The van der Waals surface area contributed by atoms with Gasteiger partial charge in [-0.1, -0.05) is 12.1 Å². The Bertz CT molecular complexity index is 577. The smallest absolute Gasteiger partial charge is 0.333 e. The maximum absolute atomic E-state index is 12.9. The molecule has 1 aromatic carbocycles. The van der Waals surface area contributed by atoms with E-state index in [0.29, 0.717) is 12.1 Å². The first-order chi connectivity index (χ1) is 10.9. The summed E-state index contributed by atoms with van der Waals surface area (Å²) in [5.74, 6) is 0.0197. The third kappa shape index (κ3) is 3.52. The van der Waals surface area contributed by atoms with E-state index in [-0.39, 0.29) is 23.9 Å². The van der Waals surface area contributed by atoms with E-state index in [1.165, 1.54) is 12.1 Å². The Balaban J connectivity index is 1.84. The molecule has 1 saturated carbocycles. The number of nitrogens with zero attached hydrogens (tertiary/aromatic N) is 1. The minimum atomic E-state index is -4.36. The molecule has 1 aliphatic heterocycles. The van der Waals surface area contributed by atoms with Crippen molar-refractivity contribution in [1.82, 2.24) is 10.2 Å². The van der Waals surface area contributed by atoms with E-state index in [0.717, 1.165) is 31.9 Å². The fourth-order valence-electron chi connectivity index (χ4n) is 3.25. The molecule has 2 atom stereocenters. The molecule has 0 bridgehead atoms. The molecule has 1 N–H and O–H groups in total. The molecule has 0 aromatic heterocycles. The van der Waals surface area contributed by atoms with Gasteiger partial charge in [-0.2, -0.15) is 13.2 Å². The molecule has 2 unspecified atom stereocenters. The molecular weight excluding hydrogens is 305 g/mol. The van der Waals surface area contributed by atoms with Crippen molar-refractivity contribution < 1.29 is 18.0 Å². The Kier molecular flexibility index (Phi) is 4.36. The molecule has 1 aromatic rings. The van der Waals surface area contributed by atoms with E-state index in [9.17, 15) is 18.0 Å². The fraction of sp³-hybridized carbons (Fsp3) is 0.588. The molecule has 23 heavy (non-hydrogen) atoms. The molecule has 1 heterocycles. The largest absolute Gasteiger partial charge is 0.416 e. The fourth-order valence-corrected chi connectivity index (χ4v) is 3.25. The van der Waals surface area contributed by atoms with Gasteiger partial charge in [0.15, 0.2) is 0 Å². The zero-order chi connectivity index (χ0) is 16.6. The van der Waals surface area contributed by atoms with Crippen LogP contribution in [0.3, 0.4) is 0 Å². The molecule has 3 rings (SSSR count). The van der Waals surface area contributed by atoms with Crippen molar-refractivity contribution in [3.63, 3.8) is 0 Å². The number of hydrogen-bond acceptors (Lipinski definition) is 2. The van der Waals surface area contributed by atoms with E-state index in [4.69, 9.17) is 0 Å². The van der Waals surface area contributed by atoms with E-state index in [1.54, 1.807) is 6.07 Å². The van der Waals surface area contributed by atoms with Crippen LogP contribution < -0.4 is 5.32 Å². The summed E-state index contributed by atoms with van der Waals surface area (Å²) >= 11 is 0. The molecule has 3 nitrogen and oxygen atoms in total. The average Bonchev–Trinajstić information content (AvgIpc) is 3.18. The highest BCUT2D eigenvalue weighted by Gasteiger charge is 2.40. The zero-order valence-electron chi connectivity index (χ0n) is 13.1. The van der Waals surface area contributed by atoms with Crippen molar-refractivity contribution in [3.8, 4) is 0 Å². The van der Waals surface area contributed by atoms with Crippen molar-refractivity contribution in [3.05, 3.63) is 35.4 Å². The first kappa shape index (κ1) is 16.3. The Morgan fingerprint density at radius 1 is 1.30 bits per heavy atom. The van der Waals surface area contributed by atoms with Gasteiger partial charge in [-0.15, -0.1) is 0 Å². The van der Waals surface area contributed by atoms with E-state index in [1.807, 2.05) is 11.8 Å². The van der Waals surface area contributed by atoms with Crippen LogP contribution in [-0.4, -0.2) is 29.9 Å². The minimum Gasteiger partial charge on any atom is -0.333 e. The number of rotatable bonds is 4. The van der Waals surface area contributed by atoms with E-state index >= 15 is 0 Å². The summed E-state index contributed by atoms with van der Waals surface area (Å²) in [6.45, 7) is 3.32. The highest BCUT2D eigenvalue weighted by Crippen LogP contribution is 2.38. The summed E-state index contributed by atoms with van der Waals surface area (Å²) < 4.78 is 38.8. The van der Waals surface area contributed by atoms with E-state index < -0.39 is 11.7 Å². The van der Waals surface area contributed by atoms with Gasteiger partial charge >= 0.3 is 6.18 Å². The SMILES string of the molecule is CC(c1cccc(C(F)(F)F)c1)N(C(=O)C1CCNC1)C1CC1. The topological polar surface area (TPSA) is 32.3 Å². The van der Waals surface area contributed by atoms with Gasteiger partial charge in [-0.3, -0.25) is 4.79 Å². The minimum absolute atomic E-state index is 0.0520. The van der Waals surface area contributed by atoms with Crippen molar-refractivity contribution >= 4 is 5.91 Å². The Morgan fingerprint density at radius 3 is 2.61 bits per heavy atom. The van der Waals surface area contributed by atoms with Crippen LogP contribution in [0.25, 0.3) is 0 Å². The molecule has 1 saturated heterocycles. The summed E-state index contributed by atoms with van der Waals surface area (Å²) in [6, 6.07) is 5.17. The molecule has 126 valence electrons. The van der Waals surface area contributed by atoms with Crippen LogP contribution in [0.5, 0.6) is 0 Å². The first-order valence-electron chi connectivity index (χ1n) is 8.08. The van der Waals surface area contributed by atoms with Gasteiger partial charge < -0.3 is 10.2 Å². The maximum Gasteiger partial charge on any atom is 0.416 e. The zero-order valence-corrected chi connectivity index (χ0v) is 13.1. The third-order valence-electron chi connectivity index (χ3n) is 4.72. The number of benzene rings is 1. The standard InChI is InChI=1S/C17H21F3N2O/c1-11(12-3-2-4-14(9-12)17(18,19)20)22(15-5-6-15)16(23)13-7-8-21-10-13/h2-4,9,11,13,15,21H,5-8,10H2,1H3. The Morgan fingerprint density at radius 2 is 2.04 bits per heavy atom. The van der Waals surface area contributed by atoms with Crippen LogP contribution in [-0.2, 0) is 11.0 Å². The highest BCUT2D eigenvalue weighted by molar-refractivity contribution is 5.80. The summed E-state index contributed by atoms with van der Waals surface area (Å²) in [6.07, 6.45) is -1.68. The number of halogens is 3. The number of nitrogens with one attached hydrogen (secondary N) is 1. The summed E-state index contributed by atoms with van der Waals surface area (Å²) in [7, 11) is 0. The quantitative estimate of drug-likeness (QED) is 0.920. The maximum atomic E-state index is 12.9. The van der Waals surface area contributed by atoms with Gasteiger partial charge in [-0.05, 0) is 50.4 Å². The van der Waals surface area contributed by atoms with Gasteiger partial charge in [0.05, 0.1) is 17.5 Å². The van der Waals surface area contributed by atoms with E-state index in [2.05, 4.69) is 5.32 Å². The van der Waals surface area contributed by atoms with Crippen LogP contribution in [0.1, 0.15) is 43.4 Å². The Hall–Kier alpha value is -1.56. The third-order valence-corrected chi connectivity index (χ3v) is 4.72.